The van der Waals surface area contributed by atoms with Crippen LogP contribution in [0, 0.1) is 0 Å². The highest BCUT2D eigenvalue weighted by Crippen LogP contribution is 2.27. The maximum absolute atomic E-state index is 6.44. The average molecular weight is 299 g/mol. The molecule has 21 heavy (non-hydrogen) atoms. The monoisotopic (exact) mass is 299 g/mol. The number of aromatic nitrogens is 4. The summed E-state index contributed by atoms with van der Waals surface area (Å²) in [7, 11) is 0. The molecule has 3 aromatic rings. The number of nitrogens with zero attached hydrogens (tertiary/aromatic N) is 4. The van der Waals surface area contributed by atoms with Crippen molar-refractivity contribution in [1.29, 1.82) is 0 Å². The Hall–Kier alpha value is -2.05. The second kappa shape index (κ2) is 6.15. The standard InChI is InChI=1S/C15H17N5S/c1-2-6-12-15(21-19-18-12)14(16)13-9-10-17-20(13)11-7-4-3-5-8-11/h3-5,7-10,14H,2,6,16H2,1H3. The van der Waals surface area contributed by atoms with E-state index in [9.17, 15) is 0 Å². The molecule has 0 amide bonds. The number of hydrogen-bond donors (Lipinski definition) is 1. The van der Waals surface area contributed by atoms with Crippen molar-refractivity contribution in [2.24, 2.45) is 5.73 Å². The fourth-order valence-corrected chi connectivity index (χ4v) is 3.04. The van der Waals surface area contributed by atoms with E-state index >= 15 is 0 Å². The van der Waals surface area contributed by atoms with Gasteiger partial charge in [0.15, 0.2) is 0 Å². The minimum Gasteiger partial charge on any atom is -0.318 e. The van der Waals surface area contributed by atoms with E-state index in [1.54, 1.807) is 6.20 Å². The minimum atomic E-state index is -0.255. The van der Waals surface area contributed by atoms with Crippen molar-refractivity contribution in [3.63, 3.8) is 0 Å². The summed E-state index contributed by atoms with van der Waals surface area (Å²) in [5.41, 5.74) is 9.39. The number of benzene rings is 1. The van der Waals surface area contributed by atoms with Crippen molar-refractivity contribution < 1.29 is 0 Å². The molecule has 0 aliphatic rings. The molecule has 0 radical (unpaired) electrons. The Morgan fingerprint density at radius 2 is 2.05 bits per heavy atom. The van der Waals surface area contributed by atoms with E-state index in [1.165, 1.54) is 11.5 Å². The van der Waals surface area contributed by atoms with E-state index in [0.29, 0.717) is 0 Å². The van der Waals surface area contributed by atoms with Crippen LogP contribution in [0.3, 0.4) is 0 Å². The smallest absolute Gasteiger partial charge is 0.0856 e. The van der Waals surface area contributed by atoms with Gasteiger partial charge >= 0.3 is 0 Å². The van der Waals surface area contributed by atoms with E-state index in [-0.39, 0.29) is 6.04 Å². The summed E-state index contributed by atoms with van der Waals surface area (Å²) in [6.45, 7) is 2.13. The SMILES string of the molecule is CCCc1nnsc1C(N)c1ccnn1-c1ccccc1. The van der Waals surface area contributed by atoms with E-state index in [2.05, 4.69) is 21.6 Å². The molecule has 0 saturated heterocycles. The van der Waals surface area contributed by atoms with Gasteiger partial charge in [-0.25, -0.2) is 4.68 Å². The van der Waals surface area contributed by atoms with Crippen LogP contribution in [0.5, 0.6) is 0 Å². The minimum absolute atomic E-state index is 0.255. The Balaban J connectivity index is 1.98. The zero-order valence-corrected chi connectivity index (χ0v) is 12.6. The summed E-state index contributed by atoms with van der Waals surface area (Å²) < 4.78 is 5.93. The van der Waals surface area contributed by atoms with E-state index in [1.807, 2.05) is 41.1 Å². The number of para-hydroxylation sites is 1. The molecule has 1 unspecified atom stereocenters. The van der Waals surface area contributed by atoms with Crippen molar-refractivity contribution in [3.8, 4) is 5.69 Å². The summed E-state index contributed by atoms with van der Waals surface area (Å²) in [6.07, 6.45) is 3.71. The first kappa shape index (κ1) is 13.9. The van der Waals surface area contributed by atoms with Gasteiger partial charge in [-0.15, -0.1) is 5.10 Å². The van der Waals surface area contributed by atoms with Crippen LogP contribution in [0.1, 0.15) is 35.7 Å². The van der Waals surface area contributed by atoms with Crippen LogP contribution in [0.15, 0.2) is 42.6 Å². The molecule has 108 valence electrons. The molecule has 0 saturated carbocycles. The maximum Gasteiger partial charge on any atom is 0.0856 e. The molecule has 1 atom stereocenters. The fourth-order valence-electron chi connectivity index (χ4n) is 2.33. The molecule has 2 aromatic heterocycles. The van der Waals surface area contributed by atoms with Gasteiger partial charge in [0.25, 0.3) is 0 Å². The summed E-state index contributed by atoms with van der Waals surface area (Å²) in [6, 6.07) is 11.7. The van der Waals surface area contributed by atoms with E-state index in [4.69, 9.17) is 5.73 Å². The van der Waals surface area contributed by atoms with Gasteiger partial charge in [0.2, 0.25) is 0 Å². The van der Waals surface area contributed by atoms with Crippen molar-refractivity contribution in [1.82, 2.24) is 19.4 Å². The van der Waals surface area contributed by atoms with Crippen molar-refractivity contribution >= 4 is 11.5 Å². The summed E-state index contributed by atoms with van der Waals surface area (Å²) >= 11 is 1.37. The maximum atomic E-state index is 6.44. The first-order valence-electron chi connectivity index (χ1n) is 6.97. The summed E-state index contributed by atoms with van der Waals surface area (Å²) in [4.78, 5) is 1.02. The molecule has 0 bridgehead atoms. The Labute approximate surface area is 127 Å². The third kappa shape index (κ3) is 2.72. The lowest BCUT2D eigenvalue weighted by molar-refractivity contribution is 0.733. The zero-order valence-electron chi connectivity index (χ0n) is 11.8. The fraction of sp³-hybridized carbons (Fsp3) is 0.267. The van der Waals surface area contributed by atoms with Crippen molar-refractivity contribution in [2.45, 2.75) is 25.8 Å². The molecule has 1 aromatic carbocycles. The van der Waals surface area contributed by atoms with Crippen molar-refractivity contribution in [3.05, 3.63) is 58.9 Å². The Bertz CT molecular complexity index is 704. The first-order valence-corrected chi connectivity index (χ1v) is 7.74. The van der Waals surface area contributed by atoms with Crippen LogP contribution in [0.25, 0.3) is 5.69 Å². The van der Waals surface area contributed by atoms with Gasteiger partial charge in [0, 0.05) is 6.20 Å². The molecule has 0 spiro atoms. The molecular formula is C15H17N5S. The molecular weight excluding hydrogens is 282 g/mol. The molecule has 3 rings (SSSR count). The molecule has 0 aliphatic heterocycles. The zero-order chi connectivity index (χ0) is 14.7. The predicted octanol–water partition coefficient (Wildman–Crippen LogP) is 2.72. The van der Waals surface area contributed by atoms with Crippen LogP contribution in [-0.2, 0) is 6.42 Å². The normalized spacial score (nSPS) is 12.5. The van der Waals surface area contributed by atoms with Gasteiger partial charge in [-0.2, -0.15) is 5.10 Å². The molecule has 0 fully saturated rings. The number of nitrogens with two attached hydrogens (primary N) is 1. The Kier molecular flexibility index (Phi) is 4.08. The third-order valence-corrected chi connectivity index (χ3v) is 4.20. The lowest BCUT2D eigenvalue weighted by Gasteiger charge is -2.13. The number of hydrogen-bond acceptors (Lipinski definition) is 5. The van der Waals surface area contributed by atoms with Crippen molar-refractivity contribution in [2.75, 3.05) is 0 Å². The topological polar surface area (TPSA) is 69.6 Å². The molecule has 0 aliphatic carbocycles. The number of rotatable bonds is 5. The van der Waals surface area contributed by atoms with E-state index in [0.717, 1.165) is 34.8 Å². The molecule has 6 heteroatoms. The quantitative estimate of drug-likeness (QED) is 0.786. The first-order chi connectivity index (χ1) is 10.3. The van der Waals surface area contributed by atoms with Crippen LogP contribution < -0.4 is 5.73 Å². The van der Waals surface area contributed by atoms with Crippen LogP contribution in [0.4, 0.5) is 0 Å². The predicted molar refractivity (Wildman–Crippen MR) is 83.5 cm³/mol. The van der Waals surface area contributed by atoms with Gasteiger partial charge in [0.05, 0.1) is 28.0 Å². The third-order valence-electron chi connectivity index (χ3n) is 3.35. The van der Waals surface area contributed by atoms with Gasteiger partial charge in [0.1, 0.15) is 0 Å². The largest absolute Gasteiger partial charge is 0.318 e. The highest BCUT2D eigenvalue weighted by atomic mass is 32.1. The lowest BCUT2D eigenvalue weighted by atomic mass is 10.1. The van der Waals surface area contributed by atoms with Gasteiger partial charge in [-0.3, -0.25) is 0 Å². The van der Waals surface area contributed by atoms with Crippen LogP contribution in [0.2, 0.25) is 0 Å². The molecule has 2 heterocycles. The molecule has 5 nitrogen and oxygen atoms in total. The summed E-state index contributed by atoms with van der Waals surface area (Å²) in [5.74, 6) is 0. The molecule has 2 N–H and O–H groups in total. The summed E-state index contributed by atoms with van der Waals surface area (Å²) in [5, 5.41) is 8.59. The second-order valence-corrected chi connectivity index (χ2v) is 5.60. The van der Waals surface area contributed by atoms with E-state index < -0.39 is 0 Å². The highest BCUT2D eigenvalue weighted by molar-refractivity contribution is 7.05. The van der Waals surface area contributed by atoms with Gasteiger partial charge in [-0.05, 0) is 36.2 Å². The second-order valence-electron chi connectivity index (χ2n) is 4.81. The Morgan fingerprint density at radius 3 is 2.81 bits per heavy atom. The highest BCUT2D eigenvalue weighted by Gasteiger charge is 2.20. The van der Waals surface area contributed by atoms with Gasteiger partial charge < -0.3 is 5.73 Å². The lowest BCUT2D eigenvalue weighted by Crippen LogP contribution is -2.17. The van der Waals surface area contributed by atoms with Gasteiger partial charge in [-0.1, -0.05) is 36.0 Å². The Morgan fingerprint density at radius 1 is 1.24 bits per heavy atom. The average Bonchev–Trinajstić information content (AvgIpc) is 3.17. The number of aryl methyl sites for hydroxylation is 1. The van der Waals surface area contributed by atoms with Crippen LogP contribution >= 0.6 is 11.5 Å². The van der Waals surface area contributed by atoms with Crippen LogP contribution in [-0.4, -0.2) is 19.4 Å².